The zero-order chi connectivity index (χ0) is 28.0. The molecule has 1 aromatic heterocycles. The maximum absolute atomic E-state index is 11.6. The molecule has 2 aromatic carbocycles. The number of aromatic nitrogens is 2. The summed E-state index contributed by atoms with van der Waals surface area (Å²) in [4.78, 5) is 22.3. The van der Waals surface area contributed by atoms with Crippen molar-refractivity contribution in [3.8, 4) is 22.5 Å². The smallest absolute Gasteiger partial charge is 0.259 e. The van der Waals surface area contributed by atoms with E-state index >= 15 is 0 Å². The number of sulfonamides is 1. The van der Waals surface area contributed by atoms with E-state index in [1.165, 1.54) is 11.1 Å². The van der Waals surface area contributed by atoms with E-state index in [2.05, 4.69) is 4.98 Å². The number of rotatable bonds is 12. The third-order valence-corrected chi connectivity index (χ3v) is 5.40. The van der Waals surface area contributed by atoms with Crippen molar-refractivity contribution in [3.05, 3.63) is 66.9 Å². The molecule has 3 aromatic rings. The summed E-state index contributed by atoms with van der Waals surface area (Å²) >= 11 is 0. The van der Waals surface area contributed by atoms with Crippen molar-refractivity contribution < 1.29 is 22.1 Å². The molecule has 8 nitrogen and oxygen atoms in total. The van der Waals surface area contributed by atoms with Crippen LogP contribution in [0.15, 0.2) is 66.9 Å². The van der Waals surface area contributed by atoms with Gasteiger partial charge in [-0.15, -0.1) is 0 Å². The molecule has 9 heteroatoms. The number of carbonyl (C=O) groups is 1. The fourth-order valence-electron chi connectivity index (χ4n) is 3.33. The molecule has 0 saturated heterocycles. The van der Waals surface area contributed by atoms with Crippen LogP contribution in [0.3, 0.4) is 0 Å². The minimum absolute atomic E-state index is 0.0247. The second kappa shape index (κ2) is 12.4. The van der Waals surface area contributed by atoms with Crippen LogP contribution < -0.4 is 9.62 Å². The standard InChI is InChI=1S/C26H32N4O4S/c1-20(2)30(16-10-11-17-34-19-24(31)29-35(3,32)33)23-18-27-25(21-12-6-4-7-13-21)26(28-23)22-14-8-5-9-15-22/h4-9,12-15,18,20H,10-11,16-17,19H2,1-3H3,(H,29,31)/i16D2,20D. The van der Waals surface area contributed by atoms with E-state index in [9.17, 15) is 13.2 Å². The Hall–Kier alpha value is -3.30. The Morgan fingerprint density at radius 3 is 2.23 bits per heavy atom. The summed E-state index contributed by atoms with van der Waals surface area (Å²) < 4.78 is 55.5. The maximum atomic E-state index is 11.6. The Morgan fingerprint density at radius 2 is 1.66 bits per heavy atom. The highest BCUT2D eigenvalue weighted by atomic mass is 32.2. The van der Waals surface area contributed by atoms with E-state index in [0.29, 0.717) is 11.4 Å². The Balaban J connectivity index is 1.85. The van der Waals surface area contributed by atoms with Gasteiger partial charge in [-0.25, -0.2) is 13.4 Å². The second-order valence-corrected chi connectivity index (χ2v) is 9.80. The summed E-state index contributed by atoms with van der Waals surface area (Å²) in [5.41, 5.74) is 2.89. The fourth-order valence-corrected chi connectivity index (χ4v) is 3.80. The van der Waals surface area contributed by atoms with Crippen molar-refractivity contribution in [3.63, 3.8) is 0 Å². The predicted octanol–water partition coefficient (Wildman–Crippen LogP) is 3.90. The molecule has 3 rings (SSSR count). The molecule has 35 heavy (non-hydrogen) atoms. The molecule has 0 spiro atoms. The number of hydrogen-bond donors (Lipinski definition) is 1. The number of anilines is 1. The molecule has 0 aliphatic carbocycles. The van der Waals surface area contributed by atoms with Crippen molar-refractivity contribution in [2.45, 2.75) is 32.7 Å². The number of benzene rings is 2. The van der Waals surface area contributed by atoms with Gasteiger partial charge in [-0.1, -0.05) is 60.7 Å². The van der Waals surface area contributed by atoms with E-state index in [1.807, 2.05) is 60.7 Å². The first-order valence-corrected chi connectivity index (χ1v) is 13.0. The number of ether oxygens (including phenoxy) is 1. The van der Waals surface area contributed by atoms with Crippen LogP contribution in [0.4, 0.5) is 5.82 Å². The molecule has 0 unspecified atom stereocenters. The maximum Gasteiger partial charge on any atom is 0.259 e. The van der Waals surface area contributed by atoms with Gasteiger partial charge in [0.2, 0.25) is 10.0 Å². The van der Waals surface area contributed by atoms with E-state index in [0.717, 1.165) is 17.4 Å². The molecule has 0 bridgehead atoms. The third kappa shape index (κ3) is 8.15. The Labute approximate surface area is 211 Å². The lowest BCUT2D eigenvalue weighted by Gasteiger charge is -2.28. The van der Waals surface area contributed by atoms with Crippen molar-refractivity contribution in [1.82, 2.24) is 14.7 Å². The lowest BCUT2D eigenvalue weighted by molar-refractivity contribution is -0.123. The van der Waals surface area contributed by atoms with Gasteiger partial charge in [0.1, 0.15) is 12.4 Å². The molecule has 1 heterocycles. The fraction of sp³-hybridized carbons (Fsp3) is 0.346. The van der Waals surface area contributed by atoms with Crippen molar-refractivity contribution >= 4 is 21.7 Å². The van der Waals surface area contributed by atoms with Crippen LogP contribution in [-0.2, 0) is 19.6 Å². The summed E-state index contributed by atoms with van der Waals surface area (Å²) in [5, 5.41) is 0. The molecule has 1 amide bonds. The third-order valence-electron chi connectivity index (χ3n) is 4.80. The van der Waals surface area contributed by atoms with Crippen LogP contribution in [0.1, 0.15) is 30.8 Å². The quantitative estimate of drug-likeness (QED) is 0.377. The normalized spacial score (nSPS) is 13.4. The number of amides is 1. The first-order chi connectivity index (χ1) is 17.8. The highest BCUT2D eigenvalue weighted by Crippen LogP contribution is 2.30. The lowest BCUT2D eigenvalue weighted by Crippen LogP contribution is -2.33. The molecule has 0 radical (unpaired) electrons. The van der Waals surface area contributed by atoms with Crippen LogP contribution in [0.2, 0.25) is 0 Å². The SMILES string of the molecule is [2H]C(C)(C)N(c1cnc(-c2ccccc2)c(-c2ccccc2)n1)C([2H])([2H])CCCOCC(=O)NS(C)(=O)=O. The van der Waals surface area contributed by atoms with Crippen molar-refractivity contribution in [2.24, 2.45) is 0 Å². The van der Waals surface area contributed by atoms with E-state index < -0.39 is 35.1 Å². The highest BCUT2D eigenvalue weighted by Gasteiger charge is 2.17. The van der Waals surface area contributed by atoms with Gasteiger partial charge >= 0.3 is 0 Å². The molecule has 0 saturated carbocycles. The number of nitrogens with one attached hydrogen (secondary N) is 1. The van der Waals surface area contributed by atoms with E-state index in [-0.39, 0.29) is 25.3 Å². The summed E-state index contributed by atoms with van der Waals surface area (Å²) in [6.07, 6.45) is 2.53. The topological polar surface area (TPSA) is 101 Å². The van der Waals surface area contributed by atoms with Crippen LogP contribution >= 0.6 is 0 Å². The number of hydrogen-bond acceptors (Lipinski definition) is 7. The van der Waals surface area contributed by atoms with Crippen LogP contribution in [0.5, 0.6) is 0 Å². The highest BCUT2D eigenvalue weighted by molar-refractivity contribution is 7.89. The average Bonchev–Trinajstić information content (AvgIpc) is 2.82. The van der Waals surface area contributed by atoms with Gasteiger partial charge in [-0.3, -0.25) is 14.5 Å². The minimum Gasteiger partial charge on any atom is -0.372 e. The largest absolute Gasteiger partial charge is 0.372 e. The molecule has 0 aliphatic rings. The first-order valence-electron chi connectivity index (χ1n) is 12.6. The van der Waals surface area contributed by atoms with Gasteiger partial charge in [0.25, 0.3) is 5.91 Å². The van der Waals surface area contributed by atoms with E-state index in [1.54, 1.807) is 18.6 Å². The Bertz CT molecular complexity index is 1340. The molecule has 186 valence electrons. The van der Waals surface area contributed by atoms with Crippen LogP contribution in [-0.4, -0.2) is 56.3 Å². The molecular weight excluding hydrogens is 464 g/mol. The summed E-state index contributed by atoms with van der Waals surface area (Å²) in [7, 11) is -3.67. The molecular formula is C26H32N4O4S. The van der Waals surface area contributed by atoms with Crippen molar-refractivity contribution in [2.75, 3.05) is 30.9 Å². The first kappa shape index (κ1) is 22.2. The number of carbonyl (C=O) groups excluding carboxylic acids is 1. The second-order valence-electron chi connectivity index (χ2n) is 8.05. The van der Waals surface area contributed by atoms with Gasteiger partial charge in [0.05, 0.1) is 25.2 Å². The molecule has 0 aliphatic heterocycles. The molecule has 1 N–H and O–H groups in total. The zero-order valence-electron chi connectivity index (χ0n) is 23.1. The van der Waals surface area contributed by atoms with Gasteiger partial charge in [-0.05, 0) is 26.7 Å². The molecule has 0 fully saturated rings. The van der Waals surface area contributed by atoms with Crippen LogP contribution in [0, 0.1) is 0 Å². The Kier molecular flexibility index (Phi) is 7.87. The lowest BCUT2D eigenvalue weighted by atomic mass is 10.0. The van der Waals surface area contributed by atoms with Gasteiger partial charge in [0, 0.05) is 33.0 Å². The number of nitrogens with zero attached hydrogens (tertiary/aromatic N) is 3. The van der Waals surface area contributed by atoms with Crippen molar-refractivity contribution in [1.29, 1.82) is 0 Å². The van der Waals surface area contributed by atoms with E-state index in [4.69, 9.17) is 13.8 Å². The van der Waals surface area contributed by atoms with Gasteiger partial charge < -0.3 is 9.64 Å². The van der Waals surface area contributed by atoms with Gasteiger partial charge in [-0.2, -0.15) is 0 Å². The van der Waals surface area contributed by atoms with Crippen LogP contribution in [0.25, 0.3) is 22.5 Å². The summed E-state index contributed by atoms with van der Waals surface area (Å²) in [6, 6.07) is 17.7. The zero-order valence-corrected chi connectivity index (χ0v) is 20.9. The summed E-state index contributed by atoms with van der Waals surface area (Å²) in [5.74, 6) is -0.589. The predicted molar refractivity (Wildman–Crippen MR) is 138 cm³/mol. The average molecular weight is 500 g/mol. The molecule has 0 atom stereocenters. The van der Waals surface area contributed by atoms with Gasteiger partial charge in [0.15, 0.2) is 0 Å². The monoisotopic (exact) mass is 499 g/mol. The Morgan fingerprint density at radius 1 is 1.06 bits per heavy atom. The minimum atomic E-state index is -3.67. The summed E-state index contributed by atoms with van der Waals surface area (Å²) in [6.45, 7) is 0.700.